The van der Waals surface area contributed by atoms with E-state index >= 15 is 0 Å². The first-order valence-electron chi connectivity index (χ1n) is 14.7. The molecule has 0 saturated heterocycles. The fraction of sp³-hybridized carbons (Fsp3) is 0.206. The van der Waals surface area contributed by atoms with Crippen molar-refractivity contribution in [3.8, 4) is 17.2 Å². The van der Waals surface area contributed by atoms with Crippen LogP contribution in [-0.2, 0) is 22.6 Å². The van der Waals surface area contributed by atoms with Gasteiger partial charge in [-0.15, -0.1) is 21.5 Å². The number of thioether (sulfide) groups is 1. The van der Waals surface area contributed by atoms with Crippen molar-refractivity contribution < 1.29 is 19.1 Å². The van der Waals surface area contributed by atoms with Crippen molar-refractivity contribution in [3.05, 3.63) is 117 Å². The van der Waals surface area contributed by atoms with E-state index in [0.717, 1.165) is 21.7 Å². The Balaban J connectivity index is 1.24. The Morgan fingerprint density at radius 2 is 1.83 bits per heavy atom. The zero-order chi connectivity index (χ0) is 32.8. The van der Waals surface area contributed by atoms with Crippen molar-refractivity contribution in [2.75, 3.05) is 20.0 Å². The van der Waals surface area contributed by atoms with Crippen molar-refractivity contribution in [2.45, 2.75) is 30.6 Å². The van der Waals surface area contributed by atoms with Crippen molar-refractivity contribution in [3.63, 3.8) is 0 Å². The standard InChI is InChI=1S/C34H31ClN6O4S2/c1-44-28-14-7-13-25(33(28)45-2)27-19-26(29-15-8-16-46-29)39-41(27)32(43)21-47-34-38-37-30(40(34)24-12-6-11-23(35)18-24)20-36-31(42)17-22-9-4-3-5-10-22/h3-16,18,27H,17,19-21H2,1-2H3,(H,36,42). The summed E-state index contributed by atoms with van der Waals surface area (Å²) in [6.45, 7) is 0.137. The smallest absolute Gasteiger partial charge is 0.253 e. The summed E-state index contributed by atoms with van der Waals surface area (Å²) in [6, 6.07) is 26.0. The van der Waals surface area contributed by atoms with Crippen molar-refractivity contribution in [1.82, 2.24) is 25.1 Å². The molecule has 0 aliphatic carbocycles. The topological polar surface area (TPSA) is 111 Å². The van der Waals surface area contributed by atoms with Crippen LogP contribution in [0.25, 0.3) is 5.69 Å². The van der Waals surface area contributed by atoms with Gasteiger partial charge in [0.2, 0.25) is 5.91 Å². The molecule has 3 heterocycles. The van der Waals surface area contributed by atoms with Crippen LogP contribution >= 0.6 is 34.7 Å². The molecule has 6 rings (SSSR count). The maximum absolute atomic E-state index is 14.0. The molecule has 1 unspecified atom stereocenters. The van der Waals surface area contributed by atoms with Crippen LogP contribution in [-0.4, -0.2) is 57.3 Å². The highest BCUT2D eigenvalue weighted by Gasteiger charge is 2.36. The van der Waals surface area contributed by atoms with Crippen LogP contribution in [0.15, 0.2) is 101 Å². The van der Waals surface area contributed by atoms with Gasteiger partial charge in [0.25, 0.3) is 5.91 Å². The van der Waals surface area contributed by atoms with E-state index in [2.05, 4.69) is 15.5 Å². The van der Waals surface area contributed by atoms with E-state index in [-0.39, 0.29) is 30.5 Å². The zero-order valence-electron chi connectivity index (χ0n) is 25.6. The summed E-state index contributed by atoms with van der Waals surface area (Å²) < 4.78 is 13.1. The van der Waals surface area contributed by atoms with Gasteiger partial charge in [-0.3, -0.25) is 14.2 Å². The van der Waals surface area contributed by atoms with Gasteiger partial charge in [-0.1, -0.05) is 78.0 Å². The Labute approximate surface area is 285 Å². The SMILES string of the molecule is COc1cccc(C2CC(c3cccs3)=NN2C(=O)CSc2nnc(CNC(=O)Cc3ccccc3)n2-c2cccc(Cl)c2)c1OC. The second-order valence-corrected chi connectivity index (χ2v) is 12.8. The monoisotopic (exact) mass is 686 g/mol. The molecule has 2 aromatic heterocycles. The third-order valence-electron chi connectivity index (χ3n) is 7.51. The number of carbonyl (C=O) groups excluding carboxylic acids is 2. The summed E-state index contributed by atoms with van der Waals surface area (Å²) >= 11 is 9.16. The minimum absolute atomic E-state index is 0.0308. The van der Waals surface area contributed by atoms with Gasteiger partial charge in [-0.25, -0.2) is 5.01 Å². The lowest BCUT2D eigenvalue weighted by atomic mass is 9.99. The van der Waals surface area contributed by atoms with E-state index in [1.165, 1.54) is 16.8 Å². The number of aromatic nitrogens is 3. The van der Waals surface area contributed by atoms with Crippen molar-refractivity contribution in [2.24, 2.45) is 5.10 Å². The number of nitrogens with zero attached hydrogens (tertiary/aromatic N) is 5. The summed E-state index contributed by atoms with van der Waals surface area (Å²) in [4.78, 5) is 27.7. The predicted molar refractivity (Wildman–Crippen MR) is 184 cm³/mol. The molecule has 10 nitrogen and oxygen atoms in total. The maximum atomic E-state index is 14.0. The van der Waals surface area contributed by atoms with Crippen LogP contribution < -0.4 is 14.8 Å². The van der Waals surface area contributed by atoms with Crippen LogP contribution in [0.2, 0.25) is 5.02 Å². The first-order chi connectivity index (χ1) is 22.9. The van der Waals surface area contributed by atoms with E-state index in [1.54, 1.807) is 42.3 Å². The van der Waals surface area contributed by atoms with Gasteiger partial charge in [0.15, 0.2) is 22.5 Å². The molecular weight excluding hydrogens is 656 g/mol. The lowest BCUT2D eigenvalue weighted by Gasteiger charge is -2.24. The van der Waals surface area contributed by atoms with Crippen LogP contribution in [0, 0.1) is 0 Å². The number of rotatable bonds is 12. The average molecular weight is 687 g/mol. The highest BCUT2D eigenvalue weighted by molar-refractivity contribution is 7.99. The first kappa shape index (κ1) is 32.3. The van der Waals surface area contributed by atoms with Gasteiger partial charge in [0.05, 0.1) is 55.3 Å². The van der Waals surface area contributed by atoms with E-state index in [0.29, 0.717) is 39.6 Å². The molecule has 1 aliphatic heterocycles. The summed E-state index contributed by atoms with van der Waals surface area (Å²) in [5.41, 5.74) is 3.25. The Bertz CT molecular complexity index is 1900. The minimum atomic E-state index is -0.397. The third kappa shape index (κ3) is 7.35. The molecule has 13 heteroatoms. The van der Waals surface area contributed by atoms with Crippen LogP contribution in [0.1, 0.15) is 34.3 Å². The Kier molecular flexibility index (Phi) is 10.2. The Morgan fingerprint density at radius 1 is 1.00 bits per heavy atom. The molecule has 0 saturated carbocycles. The number of thiophene rings is 1. The van der Waals surface area contributed by atoms with Crippen molar-refractivity contribution in [1.29, 1.82) is 0 Å². The molecule has 240 valence electrons. The van der Waals surface area contributed by atoms with Crippen LogP contribution in [0.3, 0.4) is 0 Å². The molecule has 1 aliphatic rings. The summed E-state index contributed by atoms with van der Waals surface area (Å²) in [7, 11) is 3.17. The predicted octanol–water partition coefficient (Wildman–Crippen LogP) is 6.33. The van der Waals surface area contributed by atoms with Gasteiger partial charge in [0.1, 0.15) is 0 Å². The number of halogens is 1. The number of amides is 2. The van der Waals surface area contributed by atoms with Crippen LogP contribution in [0.5, 0.6) is 11.5 Å². The zero-order valence-corrected chi connectivity index (χ0v) is 28.0. The van der Waals surface area contributed by atoms with Gasteiger partial charge in [-0.05, 0) is 41.3 Å². The van der Waals surface area contributed by atoms with Crippen LogP contribution in [0.4, 0.5) is 0 Å². The number of nitrogens with one attached hydrogen (secondary N) is 1. The number of para-hydroxylation sites is 1. The molecular formula is C34H31ClN6O4S2. The molecule has 5 aromatic rings. The highest BCUT2D eigenvalue weighted by atomic mass is 35.5. The van der Waals surface area contributed by atoms with E-state index < -0.39 is 6.04 Å². The molecule has 0 radical (unpaired) electrons. The second-order valence-electron chi connectivity index (χ2n) is 10.5. The van der Waals surface area contributed by atoms with Gasteiger partial charge in [0, 0.05) is 17.0 Å². The average Bonchev–Trinajstić information content (AvgIpc) is 3.86. The quantitative estimate of drug-likeness (QED) is 0.153. The number of methoxy groups -OCH3 is 2. The normalized spacial score (nSPS) is 14.1. The number of hydrogen-bond acceptors (Lipinski definition) is 9. The molecule has 47 heavy (non-hydrogen) atoms. The molecule has 1 N–H and O–H groups in total. The maximum Gasteiger partial charge on any atom is 0.253 e. The minimum Gasteiger partial charge on any atom is -0.493 e. The second kappa shape index (κ2) is 14.8. The lowest BCUT2D eigenvalue weighted by Crippen LogP contribution is -2.29. The molecule has 2 amide bonds. The summed E-state index contributed by atoms with van der Waals surface area (Å²) in [5.74, 6) is 1.32. The van der Waals surface area contributed by atoms with E-state index in [9.17, 15) is 9.59 Å². The fourth-order valence-corrected chi connectivity index (χ4v) is 7.07. The largest absolute Gasteiger partial charge is 0.493 e. The summed E-state index contributed by atoms with van der Waals surface area (Å²) in [6.07, 6.45) is 0.761. The molecule has 0 bridgehead atoms. The van der Waals surface area contributed by atoms with E-state index in [1.807, 2.05) is 78.2 Å². The third-order valence-corrected chi connectivity index (χ3v) is 9.57. The highest BCUT2D eigenvalue weighted by Crippen LogP contribution is 2.42. The molecule has 1 atom stereocenters. The molecule has 0 fully saturated rings. The van der Waals surface area contributed by atoms with Crippen molar-refractivity contribution >= 4 is 52.2 Å². The number of benzene rings is 3. The summed E-state index contributed by atoms with van der Waals surface area (Å²) in [5, 5.41) is 21.1. The molecule has 0 spiro atoms. The molecule has 3 aromatic carbocycles. The Morgan fingerprint density at radius 3 is 2.57 bits per heavy atom. The lowest BCUT2D eigenvalue weighted by molar-refractivity contribution is -0.130. The van der Waals surface area contributed by atoms with E-state index in [4.69, 9.17) is 26.2 Å². The number of hydrazone groups is 1. The number of hydrogen-bond donors (Lipinski definition) is 1. The first-order valence-corrected chi connectivity index (χ1v) is 17.0. The fourth-order valence-electron chi connectivity index (χ4n) is 5.35. The number of ether oxygens (including phenoxy) is 2. The van der Waals surface area contributed by atoms with Gasteiger partial charge < -0.3 is 14.8 Å². The number of carbonyl (C=O) groups is 2. The van der Waals surface area contributed by atoms with Gasteiger partial charge >= 0.3 is 0 Å². The van der Waals surface area contributed by atoms with Gasteiger partial charge in [-0.2, -0.15) is 5.10 Å². The Hall–Kier alpha value is -4.65.